The number of pyridine rings is 1. The minimum Gasteiger partial charge on any atom is -0.460 e. The van der Waals surface area contributed by atoms with Crippen LogP contribution in [0.4, 0.5) is 17.6 Å². The van der Waals surface area contributed by atoms with Gasteiger partial charge < -0.3 is 15.4 Å². The van der Waals surface area contributed by atoms with E-state index in [2.05, 4.69) is 4.98 Å². The summed E-state index contributed by atoms with van der Waals surface area (Å²) < 4.78 is 61.3. The zero-order valence-electron chi connectivity index (χ0n) is 21.5. The number of primary amides is 1. The number of carbonyl (C=O) groups excluding carboxylic acids is 1. The van der Waals surface area contributed by atoms with Gasteiger partial charge in [-0.05, 0) is 84.7 Å². The number of benzene rings is 2. The van der Waals surface area contributed by atoms with E-state index in [1.807, 2.05) is 6.92 Å². The number of amidine groups is 1. The number of rotatable bonds is 7. The molecule has 2 atom stereocenters. The van der Waals surface area contributed by atoms with E-state index in [9.17, 15) is 22.4 Å². The highest BCUT2D eigenvalue weighted by atomic mass is 19.4. The molecular formula is C29H28F4N4O2. The van der Waals surface area contributed by atoms with E-state index in [0.717, 1.165) is 24.6 Å². The molecular weight excluding hydrogens is 512 g/mol. The summed E-state index contributed by atoms with van der Waals surface area (Å²) in [4.78, 5) is 18.2. The molecule has 1 aliphatic carbocycles. The average Bonchev–Trinajstić information content (AvgIpc) is 3.65. The quantitative estimate of drug-likeness (QED) is 0.359. The number of nitrogens with one attached hydrogen (secondary N) is 1. The summed E-state index contributed by atoms with van der Waals surface area (Å²) in [5.74, 6) is -1.32. The maximum Gasteiger partial charge on any atom is 0.433 e. The predicted molar refractivity (Wildman–Crippen MR) is 138 cm³/mol. The molecule has 0 radical (unpaired) electrons. The molecule has 2 aliphatic rings. The van der Waals surface area contributed by atoms with Crippen molar-refractivity contribution in [2.75, 3.05) is 6.54 Å². The van der Waals surface area contributed by atoms with Crippen LogP contribution in [0.1, 0.15) is 64.0 Å². The molecule has 2 heterocycles. The molecule has 39 heavy (non-hydrogen) atoms. The summed E-state index contributed by atoms with van der Waals surface area (Å²) in [5, 5.41) is 8.26. The third-order valence-corrected chi connectivity index (χ3v) is 7.30. The summed E-state index contributed by atoms with van der Waals surface area (Å²) in [6.45, 7) is 4.00. The maximum absolute atomic E-state index is 14.2. The van der Waals surface area contributed by atoms with E-state index in [0.29, 0.717) is 23.2 Å². The van der Waals surface area contributed by atoms with Crippen molar-refractivity contribution in [2.24, 2.45) is 11.7 Å². The fourth-order valence-corrected chi connectivity index (χ4v) is 5.44. The molecule has 6 nitrogen and oxygen atoms in total. The van der Waals surface area contributed by atoms with Gasteiger partial charge in [0.15, 0.2) is 5.69 Å². The molecule has 1 saturated heterocycles. The van der Waals surface area contributed by atoms with Crippen molar-refractivity contribution >= 4 is 11.9 Å². The van der Waals surface area contributed by atoms with Gasteiger partial charge in [-0.2, -0.15) is 13.2 Å². The number of hydrogen-bond donors (Lipinski definition) is 2. The van der Waals surface area contributed by atoms with E-state index in [1.54, 1.807) is 30.0 Å². The molecule has 2 aromatic carbocycles. The van der Waals surface area contributed by atoms with E-state index in [4.69, 9.17) is 15.9 Å². The van der Waals surface area contributed by atoms with E-state index in [1.165, 1.54) is 24.3 Å². The van der Waals surface area contributed by atoms with Gasteiger partial charge in [0, 0.05) is 29.8 Å². The van der Waals surface area contributed by atoms with E-state index in [-0.39, 0.29) is 53.0 Å². The SMILES string of the molecule is Cc1cc([C@@H](c2c(CN3C[C@@H](C)OC3=N)cc(-c3cccnc3C(F)(F)F)cc2C(N)=O)C2CC2)ccc1F. The average molecular weight is 541 g/mol. The first-order valence-corrected chi connectivity index (χ1v) is 12.7. The Kier molecular flexibility index (Phi) is 6.82. The van der Waals surface area contributed by atoms with E-state index < -0.39 is 17.8 Å². The van der Waals surface area contributed by atoms with Crippen LogP contribution in [0.5, 0.6) is 0 Å². The highest BCUT2D eigenvalue weighted by Gasteiger charge is 2.39. The van der Waals surface area contributed by atoms with Crippen molar-refractivity contribution in [3.05, 3.63) is 88.0 Å². The van der Waals surface area contributed by atoms with Crippen molar-refractivity contribution in [1.29, 1.82) is 5.41 Å². The van der Waals surface area contributed by atoms with Gasteiger partial charge in [-0.15, -0.1) is 0 Å². The Bertz CT molecular complexity index is 1450. The molecule has 1 amide bonds. The Balaban J connectivity index is 1.76. The number of ether oxygens (including phenoxy) is 1. The van der Waals surface area contributed by atoms with Gasteiger partial charge >= 0.3 is 6.18 Å². The van der Waals surface area contributed by atoms with Crippen molar-refractivity contribution in [2.45, 2.75) is 51.4 Å². The third-order valence-electron chi connectivity index (χ3n) is 7.30. The fourth-order valence-electron chi connectivity index (χ4n) is 5.44. The molecule has 2 fully saturated rings. The fraction of sp³-hybridized carbons (Fsp3) is 0.345. The molecule has 1 aromatic heterocycles. The van der Waals surface area contributed by atoms with Crippen LogP contribution in [-0.2, 0) is 17.5 Å². The van der Waals surface area contributed by atoms with Crippen LogP contribution in [0, 0.1) is 24.1 Å². The molecule has 0 spiro atoms. The van der Waals surface area contributed by atoms with Crippen LogP contribution in [0.3, 0.4) is 0 Å². The Hall–Kier alpha value is -3.95. The molecule has 10 heteroatoms. The number of nitrogens with two attached hydrogens (primary N) is 1. The Morgan fingerprint density at radius 2 is 1.97 bits per heavy atom. The number of halogens is 4. The zero-order valence-corrected chi connectivity index (χ0v) is 21.5. The molecule has 0 unspecified atom stereocenters. The highest BCUT2D eigenvalue weighted by Crippen LogP contribution is 2.49. The topological polar surface area (TPSA) is 92.3 Å². The van der Waals surface area contributed by atoms with Gasteiger partial charge in [0.25, 0.3) is 6.02 Å². The van der Waals surface area contributed by atoms with Crippen LogP contribution in [0.25, 0.3) is 11.1 Å². The largest absolute Gasteiger partial charge is 0.460 e. The lowest BCUT2D eigenvalue weighted by Gasteiger charge is -2.27. The molecule has 5 rings (SSSR count). The van der Waals surface area contributed by atoms with Crippen LogP contribution < -0.4 is 5.73 Å². The predicted octanol–water partition coefficient (Wildman–Crippen LogP) is 6.01. The second-order valence-electron chi connectivity index (χ2n) is 10.3. The summed E-state index contributed by atoms with van der Waals surface area (Å²) >= 11 is 0. The standard InChI is InChI=1S/C29H28F4N4O2/c1-15-10-18(7-8-23(15)30)24(17-5-6-17)25-20(14-37-13-16(2)39-28(37)35)11-19(12-22(25)27(34)38)21-4-3-9-36-26(21)29(31,32)33/h3-4,7-12,16-17,24,35H,5-6,13-14H2,1-2H3,(H2,34,38)/t16-,24+/m1/s1. The maximum atomic E-state index is 14.2. The smallest absolute Gasteiger partial charge is 0.433 e. The lowest BCUT2D eigenvalue weighted by Crippen LogP contribution is -2.27. The second-order valence-corrected chi connectivity index (χ2v) is 10.3. The Morgan fingerprint density at radius 3 is 2.56 bits per heavy atom. The lowest BCUT2D eigenvalue weighted by molar-refractivity contribution is -0.140. The van der Waals surface area contributed by atoms with Crippen molar-refractivity contribution in [3.63, 3.8) is 0 Å². The molecule has 3 aromatic rings. The van der Waals surface area contributed by atoms with Crippen molar-refractivity contribution in [3.8, 4) is 11.1 Å². The number of aromatic nitrogens is 1. The number of carbonyl (C=O) groups is 1. The van der Waals surface area contributed by atoms with Crippen LogP contribution in [0.2, 0.25) is 0 Å². The van der Waals surface area contributed by atoms with Crippen molar-refractivity contribution < 1.29 is 27.1 Å². The molecule has 0 bridgehead atoms. The molecule has 1 saturated carbocycles. The first kappa shape index (κ1) is 26.6. The minimum atomic E-state index is -4.72. The van der Waals surface area contributed by atoms with Crippen LogP contribution in [-0.4, -0.2) is 34.5 Å². The Labute approximate surface area is 223 Å². The minimum absolute atomic E-state index is 0.0579. The van der Waals surface area contributed by atoms with Gasteiger partial charge in [-0.3, -0.25) is 15.2 Å². The molecule has 204 valence electrons. The number of hydrogen-bond acceptors (Lipinski definition) is 4. The highest BCUT2D eigenvalue weighted by molar-refractivity contribution is 5.97. The number of alkyl halides is 3. The summed E-state index contributed by atoms with van der Waals surface area (Å²) in [6.07, 6.45) is -2.14. The number of nitrogens with zero attached hydrogens (tertiary/aromatic N) is 2. The van der Waals surface area contributed by atoms with E-state index >= 15 is 0 Å². The molecule has 3 N–H and O–H groups in total. The number of amides is 1. The van der Waals surface area contributed by atoms with Gasteiger partial charge in [-0.25, -0.2) is 4.39 Å². The summed E-state index contributed by atoms with van der Waals surface area (Å²) in [6, 6.07) is 10.5. The van der Waals surface area contributed by atoms with Gasteiger partial charge in [0.05, 0.1) is 6.54 Å². The normalized spacial score (nSPS) is 18.3. The van der Waals surface area contributed by atoms with Gasteiger partial charge in [0.1, 0.15) is 11.9 Å². The van der Waals surface area contributed by atoms with Gasteiger partial charge in [-0.1, -0.05) is 18.2 Å². The zero-order chi connectivity index (χ0) is 28.1. The van der Waals surface area contributed by atoms with Crippen LogP contribution in [0.15, 0.2) is 48.7 Å². The number of aryl methyl sites for hydroxylation is 1. The van der Waals surface area contributed by atoms with Crippen molar-refractivity contribution in [1.82, 2.24) is 9.88 Å². The summed E-state index contributed by atoms with van der Waals surface area (Å²) in [5.41, 5.74) is 7.27. The first-order chi connectivity index (χ1) is 18.4. The second kappa shape index (κ2) is 9.98. The molecule has 1 aliphatic heterocycles. The lowest BCUT2D eigenvalue weighted by atomic mass is 9.79. The first-order valence-electron chi connectivity index (χ1n) is 12.7. The van der Waals surface area contributed by atoms with Gasteiger partial charge in [0.2, 0.25) is 5.91 Å². The van der Waals surface area contributed by atoms with Crippen LogP contribution >= 0.6 is 0 Å². The summed E-state index contributed by atoms with van der Waals surface area (Å²) in [7, 11) is 0. The monoisotopic (exact) mass is 540 g/mol. The third kappa shape index (κ3) is 5.32. The Morgan fingerprint density at radius 1 is 1.23 bits per heavy atom.